The first kappa shape index (κ1) is 16.0. The molecule has 128 valence electrons. The molecule has 0 unspecified atom stereocenters. The van der Waals surface area contributed by atoms with E-state index in [1.807, 2.05) is 0 Å². The quantitative estimate of drug-likeness (QED) is 0.827. The van der Waals surface area contributed by atoms with Crippen LogP contribution < -0.4 is 0 Å². The van der Waals surface area contributed by atoms with Crippen molar-refractivity contribution in [2.75, 3.05) is 26.2 Å². The van der Waals surface area contributed by atoms with Gasteiger partial charge in [0.1, 0.15) is 0 Å². The van der Waals surface area contributed by atoms with Crippen LogP contribution in [-0.4, -0.2) is 61.3 Å². The number of thiophene rings is 1. The maximum atomic E-state index is 12.7. The van der Waals surface area contributed by atoms with E-state index in [9.17, 15) is 8.42 Å². The van der Waals surface area contributed by atoms with Crippen LogP contribution in [0.2, 0.25) is 0 Å². The minimum absolute atomic E-state index is 0.0303. The maximum Gasteiger partial charge on any atom is 0.217 e. The second kappa shape index (κ2) is 6.44. The fourth-order valence-corrected chi connectivity index (χ4v) is 6.56. The van der Waals surface area contributed by atoms with Crippen LogP contribution in [0, 0.1) is 0 Å². The van der Waals surface area contributed by atoms with Gasteiger partial charge in [-0.1, -0.05) is 6.07 Å². The monoisotopic (exact) mass is 356 g/mol. The molecular weight excluding hydrogens is 332 g/mol. The van der Waals surface area contributed by atoms with E-state index in [4.69, 9.17) is 4.74 Å². The van der Waals surface area contributed by atoms with Crippen LogP contribution in [0.4, 0.5) is 0 Å². The highest BCUT2D eigenvalue weighted by Crippen LogP contribution is 2.35. The van der Waals surface area contributed by atoms with E-state index >= 15 is 0 Å². The molecule has 7 heteroatoms. The first-order valence-electron chi connectivity index (χ1n) is 8.51. The largest absolute Gasteiger partial charge is 0.375 e. The van der Waals surface area contributed by atoms with Crippen LogP contribution in [-0.2, 0) is 21.3 Å². The number of hydrogen-bond donors (Lipinski definition) is 0. The fourth-order valence-electron chi connectivity index (χ4n) is 3.75. The van der Waals surface area contributed by atoms with Crippen molar-refractivity contribution in [1.82, 2.24) is 9.21 Å². The Hall–Kier alpha value is -0.470. The third kappa shape index (κ3) is 3.35. The van der Waals surface area contributed by atoms with Crippen molar-refractivity contribution in [3.63, 3.8) is 0 Å². The molecule has 23 heavy (non-hydrogen) atoms. The standard InChI is InChI=1S/C16H24N2O3S2/c19-23(20,14-3-4-14)18-9-10-21-16-6-8-17(7-5-15(16)18)12-13-2-1-11-22-13/h1-2,11,14-16H,3-10,12H2/t15-,16-/m1/s1. The Morgan fingerprint density at radius 1 is 1.17 bits per heavy atom. The number of hydrogen-bond acceptors (Lipinski definition) is 5. The second-order valence-corrected chi connectivity index (χ2v) is 9.96. The second-order valence-electron chi connectivity index (χ2n) is 6.76. The Kier molecular flexibility index (Phi) is 4.49. The summed E-state index contributed by atoms with van der Waals surface area (Å²) in [5.74, 6) is 0. The number of sulfonamides is 1. The number of ether oxygens (including phenoxy) is 1. The van der Waals surface area contributed by atoms with E-state index < -0.39 is 10.0 Å². The van der Waals surface area contributed by atoms with Gasteiger partial charge in [-0.15, -0.1) is 11.3 Å². The van der Waals surface area contributed by atoms with Crippen LogP contribution in [0.15, 0.2) is 17.5 Å². The summed E-state index contributed by atoms with van der Waals surface area (Å²) in [6.07, 6.45) is 3.53. The molecule has 2 aliphatic heterocycles. The maximum absolute atomic E-state index is 12.7. The van der Waals surface area contributed by atoms with E-state index in [1.54, 1.807) is 15.6 Å². The Bertz CT molecular complexity index is 628. The molecule has 2 atom stereocenters. The number of nitrogens with zero attached hydrogens (tertiary/aromatic N) is 2. The van der Waals surface area contributed by atoms with Crippen molar-refractivity contribution >= 4 is 21.4 Å². The summed E-state index contributed by atoms with van der Waals surface area (Å²) in [4.78, 5) is 3.81. The van der Waals surface area contributed by atoms with Crippen LogP contribution >= 0.6 is 11.3 Å². The molecule has 0 aromatic carbocycles. The number of fused-ring (bicyclic) bond motifs is 1. The van der Waals surface area contributed by atoms with E-state index in [-0.39, 0.29) is 17.4 Å². The average Bonchev–Trinajstić information content (AvgIpc) is 3.32. The van der Waals surface area contributed by atoms with Crippen molar-refractivity contribution in [1.29, 1.82) is 0 Å². The summed E-state index contributed by atoms with van der Waals surface area (Å²) in [7, 11) is -3.11. The molecule has 1 aliphatic carbocycles. The van der Waals surface area contributed by atoms with Gasteiger partial charge in [0.15, 0.2) is 0 Å². The van der Waals surface area contributed by atoms with Crippen LogP contribution in [0.25, 0.3) is 0 Å². The zero-order chi connectivity index (χ0) is 15.9. The van der Waals surface area contributed by atoms with Gasteiger partial charge in [0, 0.05) is 31.1 Å². The smallest absolute Gasteiger partial charge is 0.217 e. The highest BCUT2D eigenvalue weighted by Gasteiger charge is 2.46. The first-order chi connectivity index (χ1) is 11.1. The zero-order valence-electron chi connectivity index (χ0n) is 13.3. The predicted molar refractivity (Wildman–Crippen MR) is 91.0 cm³/mol. The van der Waals surface area contributed by atoms with Gasteiger partial charge in [0.2, 0.25) is 10.0 Å². The molecule has 1 saturated carbocycles. The lowest BCUT2D eigenvalue weighted by atomic mass is 10.0. The van der Waals surface area contributed by atoms with Gasteiger partial charge >= 0.3 is 0 Å². The van der Waals surface area contributed by atoms with Crippen molar-refractivity contribution in [2.24, 2.45) is 0 Å². The van der Waals surface area contributed by atoms with Gasteiger partial charge in [-0.2, -0.15) is 4.31 Å². The van der Waals surface area contributed by atoms with Gasteiger partial charge in [0.05, 0.1) is 24.0 Å². The molecule has 5 nitrogen and oxygen atoms in total. The zero-order valence-corrected chi connectivity index (χ0v) is 14.9. The fraction of sp³-hybridized carbons (Fsp3) is 0.750. The van der Waals surface area contributed by atoms with Crippen molar-refractivity contribution in [3.8, 4) is 0 Å². The van der Waals surface area contributed by atoms with Gasteiger partial charge in [-0.3, -0.25) is 4.90 Å². The molecule has 3 aliphatic rings. The molecule has 0 spiro atoms. The normalized spacial score (nSPS) is 30.8. The topological polar surface area (TPSA) is 49.9 Å². The van der Waals surface area contributed by atoms with Gasteiger partial charge < -0.3 is 4.74 Å². The summed E-state index contributed by atoms with van der Waals surface area (Å²) < 4.78 is 33.1. The van der Waals surface area contributed by atoms with Gasteiger partial charge in [-0.05, 0) is 37.1 Å². The van der Waals surface area contributed by atoms with E-state index in [2.05, 4.69) is 22.4 Å². The number of morpholine rings is 1. The molecule has 1 aromatic rings. The Morgan fingerprint density at radius 3 is 2.74 bits per heavy atom. The number of likely N-dealkylation sites (tertiary alicyclic amines) is 1. The van der Waals surface area contributed by atoms with Crippen molar-refractivity contribution in [3.05, 3.63) is 22.4 Å². The van der Waals surface area contributed by atoms with Crippen molar-refractivity contribution in [2.45, 2.75) is 49.6 Å². The third-order valence-electron chi connectivity index (χ3n) is 5.15. The van der Waals surface area contributed by atoms with E-state index in [1.165, 1.54) is 4.88 Å². The predicted octanol–water partition coefficient (Wildman–Crippen LogP) is 1.91. The molecule has 3 heterocycles. The van der Waals surface area contributed by atoms with E-state index in [0.717, 1.165) is 45.3 Å². The summed E-state index contributed by atoms with van der Waals surface area (Å²) in [5, 5.41) is 1.99. The highest BCUT2D eigenvalue weighted by molar-refractivity contribution is 7.90. The summed E-state index contributed by atoms with van der Waals surface area (Å²) >= 11 is 1.79. The van der Waals surface area contributed by atoms with Gasteiger partial charge in [0.25, 0.3) is 0 Å². The molecular formula is C16H24N2O3S2. The minimum Gasteiger partial charge on any atom is -0.375 e. The van der Waals surface area contributed by atoms with Crippen LogP contribution in [0.5, 0.6) is 0 Å². The Morgan fingerprint density at radius 2 is 2.00 bits per heavy atom. The van der Waals surface area contributed by atoms with Gasteiger partial charge in [-0.25, -0.2) is 8.42 Å². The molecule has 2 saturated heterocycles. The SMILES string of the molecule is O=S(=O)(C1CC1)N1CCO[C@@H]2CCN(Cc3cccs3)CC[C@H]21. The minimum atomic E-state index is -3.11. The van der Waals surface area contributed by atoms with E-state index in [0.29, 0.717) is 13.2 Å². The molecule has 0 N–H and O–H groups in total. The molecule has 1 aromatic heterocycles. The average molecular weight is 357 g/mol. The lowest BCUT2D eigenvalue weighted by Crippen LogP contribution is -2.54. The summed E-state index contributed by atoms with van der Waals surface area (Å²) in [6, 6.07) is 4.29. The number of rotatable bonds is 4. The summed E-state index contributed by atoms with van der Waals surface area (Å²) in [5.41, 5.74) is 0. The van der Waals surface area contributed by atoms with Crippen LogP contribution in [0.3, 0.4) is 0 Å². The lowest BCUT2D eigenvalue weighted by Gasteiger charge is -2.39. The molecule has 4 rings (SSSR count). The van der Waals surface area contributed by atoms with Crippen LogP contribution in [0.1, 0.15) is 30.6 Å². The Balaban J connectivity index is 1.46. The molecule has 0 bridgehead atoms. The Labute approximate surface area is 142 Å². The van der Waals surface area contributed by atoms with Crippen molar-refractivity contribution < 1.29 is 13.2 Å². The molecule has 0 radical (unpaired) electrons. The highest BCUT2D eigenvalue weighted by atomic mass is 32.2. The molecule has 0 amide bonds. The lowest BCUT2D eigenvalue weighted by molar-refractivity contribution is -0.0409. The summed E-state index contributed by atoms with van der Waals surface area (Å²) in [6.45, 7) is 3.96. The molecule has 3 fully saturated rings. The first-order valence-corrected chi connectivity index (χ1v) is 10.9. The third-order valence-corrected chi connectivity index (χ3v) is 8.43.